The average molecular weight is 305 g/mol. The first-order chi connectivity index (χ1) is 7.90. The Hall–Kier alpha value is -0.390. The monoisotopic (exact) mass is 304 g/mol. The molecule has 1 N–H and O–H groups in total. The number of halogens is 1. The van der Waals surface area contributed by atoms with E-state index in [1.165, 1.54) is 0 Å². The van der Waals surface area contributed by atoms with Crippen LogP contribution in [0.4, 0.5) is 0 Å². The Bertz CT molecular complexity index is 363. The summed E-state index contributed by atoms with van der Waals surface area (Å²) in [5, 5.41) is 14.7. The second kappa shape index (κ2) is 5.98. The molecule has 2 unspecified atom stereocenters. The molecule has 0 radical (unpaired) electrons. The molecule has 1 aromatic heterocycles. The molecule has 1 heterocycles. The summed E-state index contributed by atoms with van der Waals surface area (Å²) in [5.41, 5.74) is 0.778. The number of ether oxygens (including phenoxy) is 1. The Morgan fingerprint density at radius 2 is 1.94 bits per heavy atom. The molecule has 0 saturated heterocycles. The lowest BCUT2D eigenvalue weighted by Gasteiger charge is -2.26. The Morgan fingerprint density at radius 1 is 1.35 bits per heavy atom. The maximum atomic E-state index is 10.4. The van der Waals surface area contributed by atoms with Crippen LogP contribution in [-0.2, 0) is 4.74 Å². The largest absolute Gasteiger partial charge is 0.384 e. The molecule has 0 aliphatic heterocycles. The molecule has 17 heavy (non-hydrogen) atoms. The maximum absolute atomic E-state index is 10.4. The van der Waals surface area contributed by atoms with Gasteiger partial charge in [-0.25, -0.2) is 0 Å². The number of hydrogen-bond acceptors (Lipinski definition) is 3. The van der Waals surface area contributed by atoms with Gasteiger partial charge in [0.2, 0.25) is 0 Å². The number of hydrogen-bond donors (Lipinski definition) is 1. The van der Waals surface area contributed by atoms with Crippen molar-refractivity contribution in [1.29, 1.82) is 0 Å². The first-order valence-electron chi connectivity index (χ1n) is 5.83. The van der Waals surface area contributed by atoms with E-state index in [0.29, 0.717) is 0 Å². The number of nitrogens with zero attached hydrogens (tertiary/aromatic N) is 2. The smallest absolute Gasteiger partial charge is 0.123 e. The first kappa shape index (κ1) is 14.7. The van der Waals surface area contributed by atoms with Crippen molar-refractivity contribution in [1.82, 2.24) is 9.78 Å². The molecule has 4 nitrogen and oxygen atoms in total. The van der Waals surface area contributed by atoms with Crippen molar-refractivity contribution in [2.24, 2.45) is 5.92 Å². The lowest BCUT2D eigenvalue weighted by molar-refractivity contribution is -0.0434. The van der Waals surface area contributed by atoms with Gasteiger partial charge < -0.3 is 9.84 Å². The van der Waals surface area contributed by atoms with Gasteiger partial charge in [0, 0.05) is 13.2 Å². The van der Waals surface area contributed by atoms with Crippen molar-refractivity contribution in [3.63, 3.8) is 0 Å². The summed E-state index contributed by atoms with van der Waals surface area (Å²) >= 11 is 3.43. The highest BCUT2D eigenvalue weighted by Crippen LogP contribution is 2.31. The zero-order valence-electron chi connectivity index (χ0n) is 11.0. The third kappa shape index (κ3) is 3.09. The number of rotatable bonds is 5. The SMILES string of the molecule is COC(C(C)C)C(O)c1c(Br)cnn1C(C)C. The van der Waals surface area contributed by atoms with Crippen LogP contribution in [0, 0.1) is 5.92 Å². The number of aliphatic hydroxyl groups is 1. The molecule has 0 saturated carbocycles. The van der Waals surface area contributed by atoms with E-state index in [1.54, 1.807) is 13.3 Å². The van der Waals surface area contributed by atoms with Crippen molar-refractivity contribution in [2.75, 3.05) is 7.11 Å². The fourth-order valence-corrected chi connectivity index (χ4v) is 2.47. The van der Waals surface area contributed by atoms with Gasteiger partial charge >= 0.3 is 0 Å². The minimum Gasteiger partial charge on any atom is -0.384 e. The van der Waals surface area contributed by atoms with Gasteiger partial charge in [-0.3, -0.25) is 4.68 Å². The summed E-state index contributed by atoms with van der Waals surface area (Å²) < 4.78 is 8.02. The van der Waals surface area contributed by atoms with Crippen molar-refractivity contribution in [3.05, 3.63) is 16.4 Å². The van der Waals surface area contributed by atoms with Crippen LogP contribution in [-0.4, -0.2) is 28.1 Å². The van der Waals surface area contributed by atoms with Crippen LogP contribution in [0.3, 0.4) is 0 Å². The van der Waals surface area contributed by atoms with E-state index >= 15 is 0 Å². The predicted molar refractivity (Wildman–Crippen MR) is 70.9 cm³/mol. The van der Waals surface area contributed by atoms with Crippen LogP contribution >= 0.6 is 15.9 Å². The molecule has 0 aliphatic rings. The third-order valence-corrected chi connectivity index (χ3v) is 3.41. The fraction of sp³-hybridized carbons (Fsp3) is 0.750. The van der Waals surface area contributed by atoms with Gasteiger partial charge in [0.15, 0.2) is 0 Å². The Morgan fingerprint density at radius 3 is 2.35 bits per heavy atom. The van der Waals surface area contributed by atoms with Crippen LogP contribution in [0.1, 0.15) is 45.5 Å². The second-order valence-corrected chi connectivity index (χ2v) is 5.66. The van der Waals surface area contributed by atoms with E-state index in [1.807, 2.05) is 32.4 Å². The quantitative estimate of drug-likeness (QED) is 0.910. The summed E-state index contributed by atoms with van der Waals surface area (Å²) in [7, 11) is 1.62. The number of aromatic nitrogens is 2. The highest BCUT2D eigenvalue weighted by atomic mass is 79.9. The van der Waals surface area contributed by atoms with Crippen LogP contribution in [0.2, 0.25) is 0 Å². The van der Waals surface area contributed by atoms with Gasteiger partial charge in [-0.2, -0.15) is 5.10 Å². The topological polar surface area (TPSA) is 47.3 Å². The lowest BCUT2D eigenvalue weighted by Crippen LogP contribution is -2.29. The highest BCUT2D eigenvalue weighted by molar-refractivity contribution is 9.10. The second-order valence-electron chi connectivity index (χ2n) is 4.81. The van der Waals surface area contributed by atoms with E-state index in [4.69, 9.17) is 4.74 Å². The van der Waals surface area contributed by atoms with Gasteiger partial charge in [-0.05, 0) is 35.7 Å². The summed E-state index contributed by atoms with van der Waals surface area (Å²) in [5.74, 6) is 0.234. The Balaban J connectivity index is 3.09. The molecule has 0 fully saturated rings. The van der Waals surface area contributed by atoms with E-state index in [-0.39, 0.29) is 18.1 Å². The van der Waals surface area contributed by atoms with E-state index in [9.17, 15) is 5.11 Å². The molecular weight excluding hydrogens is 284 g/mol. The Kier molecular flexibility index (Phi) is 5.16. The summed E-state index contributed by atoms with van der Waals surface area (Å²) in [6.07, 6.45) is 0.797. The van der Waals surface area contributed by atoms with Crippen molar-refractivity contribution >= 4 is 15.9 Å². The standard InChI is InChI=1S/C12H21BrN2O2/c1-7(2)12(17-5)11(16)10-9(13)6-14-15(10)8(3)4/h6-8,11-12,16H,1-5H3. The maximum Gasteiger partial charge on any atom is 0.123 e. The molecule has 0 aliphatic carbocycles. The van der Waals surface area contributed by atoms with Crippen molar-refractivity contribution in [2.45, 2.75) is 45.9 Å². The van der Waals surface area contributed by atoms with Crippen LogP contribution in [0.15, 0.2) is 10.7 Å². The van der Waals surface area contributed by atoms with Crippen molar-refractivity contribution in [3.8, 4) is 0 Å². The molecule has 0 aromatic carbocycles. The number of methoxy groups -OCH3 is 1. The van der Waals surface area contributed by atoms with E-state index in [2.05, 4.69) is 21.0 Å². The Labute approximate surface area is 111 Å². The molecule has 2 atom stereocenters. The summed E-state index contributed by atoms with van der Waals surface area (Å²) in [4.78, 5) is 0. The molecule has 5 heteroatoms. The van der Waals surface area contributed by atoms with Crippen LogP contribution in [0.25, 0.3) is 0 Å². The molecule has 1 rings (SSSR count). The van der Waals surface area contributed by atoms with Crippen molar-refractivity contribution < 1.29 is 9.84 Å². The fourth-order valence-electron chi connectivity index (χ4n) is 1.96. The minimum absolute atomic E-state index is 0.204. The van der Waals surface area contributed by atoms with Gasteiger partial charge in [-0.15, -0.1) is 0 Å². The molecule has 0 bridgehead atoms. The molecular formula is C12H21BrN2O2. The summed E-state index contributed by atoms with van der Waals surface area (Å²) in [6.45, 7) is 8.13. The lowest BCUT2D eigenvalue weighted by atomic mass is 9.99. The van der Waals surface area contributed by atoms with Gasteiger partial charge in [-0.1, -0.05) is 13.8 Å². The normalized spacial score (nSPS) is 15.6. The average Bonchev–Trinajstić information content (AvgIpc) is 2.60. The predicted octanol–water partition coefficient (Wildman–Crippen LogP) is 2.93. The van der Waals surface area contributed by atoms with Crippen LogP contribution < -0.4 is 0 Å². The minimum atomic E-state index is -0.681. The summed E-state index contributed by atoms with van der Waals surface area (Å²) in [6, 6.07) is 0.204. The zero-order chi connectivity index (χ0) is 13.2. The van der Waals surface area contributed by atoms with Crippen LogP contribution in [0.5, 0.6) is 0 Å². The molecule has 0 amide bonds. The first-order valence-corrected chi connectivity index (χ1v) is 6.63. The molecule has 0 spiro atoms. The number of aliphatic hydroxyl groups excluding tert-OH is 1. The highest BCUT2D eigenvalue weighted by Gasteiger charge is 2.29. The molecule has 98 valence electrons. The van der Waals surface area contributed by atoms with E-state index < -0.39 is 6.10 Å². The molecule has 1 aromatic rings. The third-order valence-electron chi connectivity index (χ3n) is 2.80. The van der Waals surface area contributed by atoms with Gasteiger partial charge in [0.1, 0.15) is 6.10 Å². The zero-order valence-corrected chi connectivity index (χ0v) is 12.6. The van der Waals surface area contributed by atoms with Gasteiger partial charge in [0.25, 0.3) is 0 Å². The van der Waals surface area contributed by atoms with Gasteiger partial charge in [0.05, 0.1) is 22.5 Å². The van der Waals surface area contributed by atoms with E-state index in [0.717, 1.165) is 10.2 Å².